The van der Waals surface area contributed by atoms with E-state index in [-0.39, 0.29) is 4.90 Å². The lowest BCUT2D eigenvalue weighted by atomic mass is 10.2. The van der Waals surface area contributed by atoms with Gasteiger partial charge in [-0.1, -0.05) is 4.89 Å². The second kappa shape index (κ2) is 5.99. The fourth-order valence-electron chi connectivity index (χ4n) is 1.48. The van der Waals surface area contributed by atoms with Crippen LogP contribution in [0.5, 0.6) is 11.5 Å². The van der Waals surface area contributed by atoms with Gasteiger partial charge in [0.05, 0.1) is 24.7 Å². The average Bonchev–Trinajstić information content (AvgIpc) is 2.35. The molecular formula is C13H21NO5S. The fraction of sp³-hybridized carbons (Fsp3) is 0.538. The summed E-state index contributed by atoms with van der Waals surface area (Å²) in [4.78, 5) is 7.33. The Bertz CT molecular complexity index is 575. The van der Waals surface area contributed by atoms with Crippen molar-refractivity contribution in [1.29, 1.82) is 0 Å². The molecule has 7 heteroatoms. The molecule has 0 spiro atoms. The van der Waals surface area contributed by atoms with E-state index < -0.39 is 15.6 Å². The number of benzene rings is 1. The molecule has 0 bridgehead atoms. The van der Waals surface area contributed by atoms with Gasteiger partial charge in [-0.15, -0.1) is 0 Å². The van der Waals surface area contributed by atoms with E-state index in [0.29, 0.717) is 17.1 Å². The van der Waals surface area contributed by atoms with Crippen LogP contribution in [0.1, 0.15) is 26.3 Å². The van der Waals surface area contributed by atoms with Crippen LogP contribution in [0.4, 0.5) is 0 Å². The molecule has 20 heavy (non-hydrogen) atoms. The number of aryl methyl sites for hydroxylation is 1. The molecule has 0 fully saturated rings. The third-order valence-corrected chi connectivity index (χ3v) is 3.75. The molecule has 0 unspecified atom stereocenters. The summed E-state index contributed by atoms with van der Waals surface area (Å²) in [6, 6.07) is 3.01. The monoisotopic (exact) mass is 303 g/mol. The minimum absolute atomic E-state index is 0.0828. The van der Waals surface area contributed by atoms with Crippen LogP contribution in [0.25, 0.3) is 0 Å². The van der Waals surface area contributed by atoms with Crippen LogP contribution >= 0.6 is 0 Å². The van der Waals surface area contributed by atoms with Gasteiger partial charge in [0, 0.05) is 6.07 Å². The first-order valence-corrected chi connectivity index (χ1v) is 7.51. The van der Waals surface area contributed by atoms with Gasteiger partial charge in [0.1, 0.15) is 0 Å². The lowest BCUT2D eigenvalue weighted by molar-refractivity contribution is -0.0357. The second-order valence-corrected chi connectivity index (χ2v) is 6.89. The van der Waals surface area contributed by atoms with E-state index in [1.54, 1.807) is 33.8 Å². The van der Waals surface area contributed by atoms with Crippen LogP contribution in [-0.4, -0.2) is 28.2 Å². The molecule has 0 saturated carbocycles. The molecule has 6 nitrogen and oxygen atoms in total. The minimum atomic E-state index is -3.79. The van der Waals surface area contributed by atoms with E-state index in [1.165, 1.54) is 20.3 Å². The highest BCUT2D eigenvalue weighted by Gasteiger charge is 2.23. The van der Waals surface area contributed by atoms with Crippen molar-refractivity contribution in [3.63, 3.8) is 0 Å². The molecule has 0 aliphatic heterocycles. The lowest BCUT2D eigenvalue weighted by Gasteiger charge is -2.20. The van der Waals surface area contributed by atoms with Crippen molar-refractivity contribution in [3.8, 4) is 11.5 Å². The van der Waals surface area contributed by atoms with E-state index in [0.717, 1.165) is 0 Å². The van der Waals surface area contributed by atoms with E-state index >= 15 is 0 Å². The molecule has 0 saturated heterocycles. The van der Waals surface area contributed by atoms with Gasteiger partial charge in [0.15, 0.2) is 11.5 Å². The Labute approximate surface area is 120 Å². The van der Waals surface area contributed by atoms with Crippen molar-refractivity contribution in [3.05, 3.63) is 17.7 Å². The van der Waals surface area contributed by atoms with Crippen LogP contribution < -0.4 is 14.4 Å². The Hall–Kier alpha value is -1.31. The van der Waals surface area contributed by atoms with Crippen molar-refractivity contribution < 1.29 is 22.7 Å². The van der Waals surface area contributed by atoms with E-state index in [9.17, 15) is 8.42 Å². The molecule has 114 valence electrons. The number of sulfonamides is 1. The maximum atomic E-state index is 12.2. The normalized spacial score (nSPS) is 12.3. The number of methoxy groups -OCH3 is 2. The Morgan fingerprint density at radius 2 is 1.55 bits per heavy atom. The molecule has 0 aromatic heterocycles. The Balaban J connectivity index is 3.18. The quantitative estimate of drug-likeness (QED) is 0.842. The average molecular weight is 303 g/mol. The summed E-state index contributed by atoms with van der Waals surface area (Å²) in [7, 11) is -0.850. The van der Waals surface area contributed by atoms with E-state index in [2.05, 4.69) is 4.89 Å². The van der Waals surface area contributed by atoms with Crippen molar-refractivity contribution in [2.24, 2.45) is 0 Å². The Morgan fingerprint density at radius 1 is 1.05 bits per heavy atom. The summed E-state index contributed by atoms with van der Waals surface area (Å²) < 4.78 is 34.7. The maximum Gasteiger partial charge on any atom is 0.262 e. The highest BCUT2D eigenvalue weighted by molar-refractivity contribution is 7.89. The molecule has 1 aromatic carbocycles. The predicted molar refractivity (Wildman–Crippen MR) is 75.4 cm³/mol. The lowest BCUT2D eigenvalue weighted by Crippen LogP contribution is -2.33. The van der Waals surface area contributed by atoms with Gasteiger partial charge < -0.3 is 9.47 Å². The zero-order valence-corrected chi connectivity index (χ0v) is 13.4. The standard InChI is InChI=1S/C13H21NO5S/c1-9-7-10(17-5)11(18-6)8-12(9)20(15,16)14-19-13(2,3)4/h7-8,14H,1-6H3. The van der Waals surface area contributed by atoms with Crippen LogP contribution in [0.2, 0.25) is 0 Å². The van der Waals surface area contributed by atoms with Gasteiger partial charge in [0.25, 0.3) is 10.0 Å². The zero-order chi connectivity index (χ0) is 15.6. The summed E-state index contributed by atoms with van der Waals surface area (Å²) in [6.07, 6.45) is 0. The first-order chi connectivity index (χ1) is 9.10. The Morgan fingerprint density at radius 3 is 2.00 bits per heavy atom. The van der Waals surface area contributed by atoms with E-state index in [4.69, 9.17) is 14.3 Å². The molecule has 0 radical (unpaired) electrons. The zero-order valence-electron chi connectivity index (χ0n) is 12.6. The van der Waals surface area contributed by atoms with Gasteiger partial charge in [0.2, 0.25) is 0 Å². The number of hydrogen-bond acceptors (Lipinski definition) is 5. The van der Waals surface area contributed by atoms with Gasteiger partial charge >= 0.3 is 0 Å². The third kappa shape index (κ3) is 4.09. The topological polar surface area (TPSA) is 73.9 Å². The second-order valence-electron chi connectivity index (χ2n) is 5.27. The molecule has 0 atom stereocenters. The van der Waals surface area contributed by atoms with Gasteiger partial charge in [-0.3, -0.25) is 4.84 Å². The Kier molecular flexibility index (Phi) is 5.01. The highest BCUT2D eigenvalue weighted by Crippen LogP contribution is 2.32. The molecule has 0 heterocycles. The first kappa shape index (κ1) is 16.7. The van der Waals surface area contributed by atoms with E-state index in [1.807, 2.05) is 0 Å². The molecule has 1 N–H and O–H groups in total. The molecule has 0 amide bonds. The minimum Gasteiger partial charge on any atom is -0.493 e. The van der Waals surface area contributed by atoms with Crippen molar-refractivity contribution in [2.45, 2.75) is 38.2 Å². The summed E-state index contributed by atoms with van der Waals surface area (Å²) in [5.41, 5.74) is -0.0926. The molecule has 0 aliphatic rings. The predicted octanol–water partition coefficient (Wildman–Crippen LogP) is 2.02. The molecule has 1 aromatic rings. The summed E-state index contributed by atoms with van der Waals surface area (Å²) in [6.45, 7) is 6.92. The summed E-state index contributed by atoms with van der Waals surface area (Å²) >= 11 is 0. The van der Waals surface area contributed by atoms with Crippen molar-refractivity contribution in [1.82, 2.24) is 4.89 Å². The largest absolute Gasteiger partial charge is 0.493 e. The smallest absolute Gasteiger partial charge is 0.262 e. The highest BCUT2D eigenvalue weighted by atomic mass is 32.2. The van der Waals surface area contributed by atoms with Crippen molar-refractivity contribution >= 4 is 10.0 Å². The summed E-state index contributed by atoms with van der Waals surface area (Å²) in [5, 5.41) is 0. The number of hydrogen-bond donors (Lipinski definition) is 1. The molecule has 1 rings (SSSR count). The van der Waals surface area contributed by atoms with Crippen LogP contribution in [-0.2, 0) is 14.9 Å². The SMILES string of the molecule is COc1cc(C)c(S(=O)(=O)NOC(C)(C)C)cc1OC. The van der Waals surface area contributed by atoms with Crippen molar-refractivity contribution in [2.75, 3.05) is 14.2 Å². The maximum absolute atomic E-state index is 12.2. The number of ether oxygens (including phenoxy) is 2. The van der Waals surface area contributed by atoms with Gasteiger partial charge in [-0.05, 0) is 39.3 Å². The third-order valence-electron chi connectivity index (χ3n) is 2.43. The molecule has 0 aliphatic carbocycles. The van der Waals surface area contributed by atoms with Crippen LogP contribution in [0.15, 0.2) is 17.0 Å². The van der Waals surface area contributed by atoms with Gasteiger partial charge in [-0.25, -0.2) is 8.42 Å². The first-order valence-electron chi connectivity index (χ1n) is 6.03. The van der Waals surface area contributed by atoms with Crippen LogP contribution in [0, 0.1) is 6.92 Å². The molecular weight excluding hydrogens is 282 g/mol. The van der Waals surface area contributed by atoms with Gasteiger partial charge in [-0.2, -0.15) is 0 Å². The number of nitrogens with one attached hydrogen (secondary N) is 1. The fourth-order valence-corrected chi connectivity index (χ4v) is 2.67. The van der Waals surface area contributed by atoms with Crippen LogP contribution in [0.3, 0.4) is 0 Å². The summed E-state index contributed by atoms with van der Waals surface area (Å²) in [5.74, 6) is 0.815. The number of rotatable bonds is 5.